The van der Waals surface area contributed by atoms with Crippen LogP contribution in [0.15, 0.2) is 0 Å². The Labute approximate surface area is 72.1 Å². The Morgan fingerprint density at radius 3 is 2.45 bits per heavy atom. The van der Waals surface area contributed by atoms with Crippen LogP contribution in [0.3, 0.4) is 0 Å². The third kappa shape index (κ3) is 3.78. The Hall–Kier alpha value is -0.0151. The Morgan fingerprint density at radius 1 is 1.27 bits per heavy atom. The summed E-state index contributed by atoms with van der Waals surface area (Å²) in [5, 5.41) is 0. The van der Waals surface area contributed by atoms with Gasteiger partial charge in [0.05, 0.1) is 6.67 Å². The van der Waals surface area contributed by atoms with Gasteiger partial charge in [0.2, 0.25) is 0 Å². The topological polar surface area (TPSA) is 6.48 Å². The van der Waals surface area contributed by atoms with Crippen LogP contribution in [-0.2, 0) is 0 Å². The van der Waals surface area contributed by atoms with Gasteiger partial charge in [-0.05, 0) is 20.0 Å². The average molecular weight is 153 g/mol. The Kier molecular flexibility index (Phi) is 5.60. The largest absolute Gasteiger partial charge is 0.292 e. The van der Waals surface area contributed by atoms with E-state index in [2.05, 4.69) is 23.8 Å². The van der Waals surface area contributed by atoms with E-state index in [1.165, 1.54) is 39.1 Å². The average Bonchev–Trinajstić information content (AvgIpc) is 2.31. The number of rotatable bonds is 3. The van der Waals surface area contributed by atoms with E-state index in [0.717, 1.165) is 0 Å². The zero-order valence-electron chi connectivity index (χ0n) is 7.71. The van der Waals surface area contributed by atoms with Gasteiger partial charge in [0.25, 0.3) is 0 Å². The third-order valence-electron chi connectivity index (χ3n) is 2.07. The van der Waals surface area contributed by atoms with E-state index in [4.69, 9.17) is 0 Å². The van der Waals surface area contributed by atoms with E-state index in [9.17, 15) is 0 Å². The molecule has 2 nitrogen and oxygen atoms in total. The van der Waals surface area contributed by atoms with Crippen LogP contribution in [0.1, 0.15) is 19.8 Å². The Balaban J connectivity index is 0.000001000. The highest BCUT2D eigenvalue weighted by Gasteiger charge is 2.14. The predicted octanol–water partition coefficient (Wildman–Crippen LogP) is 0.611. The molecule has 1 heterocycles. The summed E-state index contributed by atoms with van der Waals surface area (Å²) in [6.07, 6.45) is 2.67. The first-order chi connectivity index (χ1) is 4.83. The van der Waals surface area contributed by atoms with Crippen molar-refractivity contribution in [3.05, 3.63) is 0 Å². The lowest BCUT2D eigenvalue weighted by atomic mass is 10.3. The summed E-state index contributed by atoms with van der Waals surface area (Å²) in [6, 6.07) is 0. The van der Waals surface area contributed by atoms with Crippen molar-refractivity contribution in [2.24, 2.45) is 0 Å². The highest BCUT2D eigenvalue weighted by molar-refractivity contribution is 5.75. The number of unbranched alkanes of at least 4 members (excludes halogenated alkanes) is 1. The van der Waals surface area contributed by atoms with Crippen molar-refractivity contribution in [1.82, 2.24) is 9.80 Å². The molecule has 1 aliphatic heterocycles. The van der Waals surface area contributed by atoms with Gasteiger partial charge in [-0.1, -0.05) is 13.3 Å². The van der Waals surface area contributed by atoms with Gasteiger partial charge in [0.1, 0.15) is 0 Å². The first kappa shape index (κ1) is 11.0. The third-order valence-corrected chi connectivity index (χ3v) is 2.07. The second-order valence-electron chi connectivity index (χ2n) is 3.19. The van der Waals surface area contributed by atoms with Crippen molar-refractivity contribution in [2.45, 2.75) is 19.8 Å². The monoisotopic (exact) mass is 153 g/mol. The van der Waals surface area contributed by atoms with Crippen molar-refractivity contribution >= 4 is 8.41 Å². The van der Waals surface area contributed by atoms with Crippen molar-refractivity contribution in [3.8, 4) is 0 Å². The molecular weight excluding hydrogens is 135 g/mol. The molecule has 0 aliphatic carbocycles. The van der Waals surface area contributed by atoms with Crippen LogP contribution < -0.4 is 0 Å². The molecule has 0 N–H and O–H groups in total. The molecule has 0 aromatic carbocycles. The second-order valence-corrected chi connectivity index (χ2v) is 3.19. The van der Waals surface area contributed by atoms with E-state index < -0.39 is 0 Å². The molecule has 3 radical (unpaired) electrons. The van der Waals surface area contributed by atoms with Crippen LogP contribution >= 0.6 is 0 Å². The predicted molar refractivity (Wildman–Crippen MR) is 49.7 cm³/mol. The van der Waals surface area contributed by atoms with Gasteiger partial charge in [0.15, 0.2) is 0 Å². The summed E-state index contributed by atoms with van der Waals surface area (Å²) in [5.74, 6) is 0. The summed E-state index contributed by atoms with van der Waals surface area (Å²) < 4.78 is 0. The maximum atomic E-state index is 2.52. The summed E-state index contributed by atoms with van der Waals surface area (Å²) in [6.45, 7) is 7.25. The van der Waals surface area contributed by atoms with E-state index >= 15 is 0 Å². The molecule has 0 aromatic rings. The molecule has 0 aromatic heterocycles. The molecule has 0 atom stereocenters. The molecule has 63 valence electrons. The van der Waals surface area contributed by atoms with Crippen molar-refractivity contribution in [2.75, 3.05) is 33.4 Å². The van der Waals surface area contributed by atoms with Gasteiger partial charge in [-0.15, -0.1) is 0 Å². The fraction of sp³-hybridized carbons (Fsp3) is 1.00. The first-order valence-corrected chi connectivity index (χ1v) is 4.24. The fourth-order valence-corrected chi connectivity index (χ4v) is 1.36. The summed E-state index contributed by atoms with van der Waals surface area (Å²) in [5.41, 5.74) is 0. The molecule has 0 unspecified atom stereocenters. The molecular formula is C8H18BN2. The van der Waals surface area contributed by atoms with E-state index in [0.29, 0.717) is 0 Å². The zero-order chi connectivity index (χ0) is 7.40. The van der Waals surface area contributed by atoms with Crippen molar-refractivity contribution in [1.29, 1.82) is 0 Å². The number of hydrogen-bond donors (Lipinski definition) is 0. The minimum absolute atomic E-state index is 0. The van der Waals surface area contributed by atoms with Crippen LogP contribution in [0.5, 0.6) is 0 Å². The van der Waals surface area contributed by atoms with Crippen LogP contribution in [0.2, 0.25) is 0 Å². The number of likely N-dealkylation sites (N-methyl/N-ethyl adjacent to an activating group) is 1. The lowest BCUT2D eigenvalue weighted by molar-refractivity contribution is 0.271. The smallest absolute Gasteiger partial charge is 0.0504 e. The zero-order valence-corrected chi connectivity index (χ0v) is 7.71. The summed E-state index contributed by atoms with van der Waals surface area (Å²) in [4.78, 5) is 4.89. The van der Waals surface area contributed by atoms with Gasteiger partial charge in [-0.3, -0.25) is 9.80 Å². The van der Waals surface area contributed by atoms with Gasteiger partial charge >= 0.3 is 0 Å². The van der Waals surface area contributed by atoms with E-state index in [1.54, 1.807) is 0 Å². The Morgan fingerprint density at radius 2 is 2.00 bits per heavy atom. The summed E-state index contributed by atoms with van der Waals surface area (Å²) >= 11 is 0. The van der Waals surface area contributed by atoms with Gasteiger partial charge in [-0.2, -0.15) is 0 Å². The van der Waals surface area contributed by atoms with Crippen LogP contribution in [0.4, 0.5) is 0 Å². The van der Waals surface area contributed by atoms with Crippen molar-refractivity contribution in [3.63, 3.8) is 0 Å². The Bertz CT molecular complexity index is 98.1. The number of nitrogens with zero attached hydrogens (tertiary/aromatic N) is 2. The van der Waals surface area contributed by atoms with E-state index in [1.807, 2.05) is 0 Å². The molecule has 3 heteroatoms. The molecule has 1 rings (SSSR count). The SMILES string of the molecule is CCCCN1CCN(C)C1.[B]. The minimum Gasteiger partial charge on any atom is -0.292 e. The molecule has 1 fully saturated rings. The standard InChI is InChI=1S/C8H18N2.B/c1-3-4-5-10-7-6-9(2)8-10;/h3-8H2,1-2H3;. The van der Waals surface area contributed by atoms with Gasteiger partial charge in [0, 0.05) is 21.5 Å². The quantitative estimate of drug-likeness (QED) is 0.548. The highest BCUT2D eigenvalue weighted by Crippen LogP contribution is 2.02. The lowest BCUT2D eigenvalue weighted by Gasteiger charge is -2.13. The molecule has 1 aliphatic rings. The second kappa shape index (κ2) is 5.61. The summed E-state index contributed by atoms with van der Waals surface area (Å²) in [7, 11) is 2.19. The molecule has 11 heavy (non-hydrogen) atoms. The molecule has 0 spiro atoms. The van der Waals surface area contributed by atoms with E-state index in [-0.39, 0.29) is 8.41 Å². The molecule has 1 saturated heterocycles. The number of hydrogen-bond acceptors (Lipinski definition) is 2. The maximum absolute atomic E-state index is 2.52. The fourth-order valence-electron chi connectivity index (χ4n) is 1.36. The van der Waals surface area contributed by atoms with Crippen molar-refractivity contribution < 1.29 is 0 Å². The lowest BCUT2D eigenvalue weighted by Crippen LogP contribution is -2.23. The van der Waals surface area contributed by atoms with Crippen LogP contribution in [-0.4, -0.2) is 51.6 Å². The maximum Gasteiger partial charge on any atom is 0.0504 e. The molecule has 0 bridgehead atoms. The molecule has 0 saturated carbocycles. The molecule has 0 amide bonds. The normalized spacial score (nSPS) is 20.2. The van der Waals surface area contributed by atoms with Gasteiger partial charge in [-0.25, -0.2) is 0 Å². The first-order valence-electron chi connectivity index (χ1n) is 4.24. The highest BCUT2D eigenvalue weighted by atomic mass is 15.4. The van der Waals surface area contributed by atoms with Gasteiger partial charge < -0.3 is 0 Å². The minimum atomic E-state index is 0. The van der Waals surface area contributed by atoms with Crippen LogP contribution in [0.25, 0.3) is 0 Å². The van der Waals surface area contributed by atoms with Crippen LogP contribution in [0, 0.1) is 0 Å².